The fourth-order valence-electron chi connectivity index (χ4n) is 2.76. The minimum atomic E-state index is -4.28. The number of aryl methyl sites for hydroxylation is 1. The first-order valence-corrected chi connectivity index (χ1v) is 11.1. The highest BCUT2D eigenvalue weighted by atomic mass is 32.1. The third-order valence-corrected chi connectivity index (χ3v) is 5.58. The minimum Gasteiger partial charge on any atom is -0.390 e. The van der Waals surface area contributed by atoms with E-state index in [0.717, 1.165) is 17.4 Å². The van der Waals surface area contributed by atoms with E-state index < -0.39 is 37.5 Å². The number of aromatic nitrogens is 2. The summed E-state index contributed by atoms with van der Waals surface area (Å²) in [5, 5.41) is 10.4. The van der Waals surface area contributed by atoms with E-state index in [-0.39, 0.29) is 24.9 Å². The van der Waals surface area contributed by atoms with Crippen molar-refractivity contribution in [3.05, 3.63) is 32.6 Å². The molecular formula is C16H27N2O8PS. The van der Waals surface area contributed by atoms with E-state index >= 15 is 0 Å². The van der Waals surface area contributed by atoms with Gasteiger partial charge in [0.25, 0.3) is 5.56 Å². The number of aliphatic hydroxyl groups is 1. The Morgan fingerprint density at radius 3 is 2.82 bits per heavy atom. The summed E-state index contributed by atoms with van der Waals surface area (Å²) in [5.41, 5.74) is -0.846. The van der Waals surface area contributed by atoms with Crippen LogP contribution in [-0.2, 0) is 18.3 Å². The molecule has 0 spiro atoms. The van der Waals surface area contributed by atoms with Gasteiger partial charge >= 0.3 is 13.5 Å². The maximum atomic E-state index is 11.9. The van der Waals surface area contributed by atoms with Crippen LogP contribution >= 0.6 is 20.5 Å². The lowest BCUT2D eigenvalue weighted by atomic mass is 10.2. The van der Waals surface area contributed by atoms with Crippen molar-refractivity contribution in [1.29, 1.82) is 0 Å². The molecule has 2 heterocycles. The Balaban J connectivity index is 1.85. The second-order valence-corrected chi connectivity index (χ2v) is 9.19. The van der Waals surface area contributed by atoms with Gasteiger partial charge in [0.15, 0.2) is 0 Å². The van der Waals surface area contributed by atoms with Crippen LogP contribution in [0, 0.1) is 6.92 Å². The van der Waals surface area contributed by atoms with Crippen molar-refractivity contribution in [2.45, 2.75) is 63.2 Å². The average molecular weight is 438 g/mol. The summed E-state index contributed by atoms with van der Waals surface area (Å²) in [6.07, 6.45) is 0.928. The predicted molar refractivity (Wildman–Crippen MR) is 105 cm³/mol. The molecule has 3 N–H and O–H groups in total. The maximum absolute atomic E-state index is 11.9. The summed E-state index contributed by atoms with van der Waals surface area (Å²) in [7, 11) is -4.28. The van der Waals surface area contributed by atoms with Crippen molar-refractivity contribution in [1.82, 2.24) is 9.55 Å². The number of nitrogens with one attached hydrogen (secondary N) is 1. The van der Waals surface area contributed by atoms with Gasteiger partial charge in [0.2, 0.25) is 0 Å². The zero-order chi connectivity index (χ0) is 20.9. The molecule has 2 rings (SSSR count). The van der Waals surface area contributed by atoms with Crippen molar-refractivity contribution in [2.24, 2.45) is 0 Å². The lowest BCUT2D eigenvalue weighted by Gasteiger charge is -2.18. The Kier molecular flexibility index (Phi) is 8.50. The van der Waals surface area contributed by atoms with Gasteiger partial charge in [-0.2, -0.15) is 12.6 Å². The number of H-pyrrole nitrogens is 1. The molecule has 28 heavy (non-hydrogen) atoms. The van der Waals surface area contributed by atoms with Crippen LogP contribution < -0.4 is 11.2 Å². The molecule has 160 valence electrons. The fraction of sp³-hybridized carbons (Fsp3) is 0.750. The van der Waals surface area contributed by atoms with Crippen LogP contribution in [0.3, 0.4) is 0 Å². The topological polar surface area (TPSA) is 140 Å². The number of ether oxygens (including phenoxy) is 1. The summed E-state index contributed by atoms with van der Waals surface area (Å²) in [6, 6.07) is 0. The molecule has 0 amide bonds. The quantitative estimate of drug-likeness (QED) is 0.242. The Bertz CT molecular complexity index is 811. The molecule has 1 aliphatic heterocycles. The normalized spacial score (nSPS) is 25.5. The summed E-state index contributed by atoms with van der Waals surface area (Å²) in [4.78, 5) is 35.3. The molecule has 5 atom stereocenters. The molecule has 0 saturated carbocycles. The van der Waals surface area contributed by atoms with Gasteiger partial charge in [-0.15, -0.1) is 0 Å². The van der Waals surface area contributed by atoms with Crippen LogP contribution in [0.15, 0.2) is 15.8 Å². The van der Waals surface area contributed by atoms with Crippen molar-refractivity contribution >= 4 is 20.5 Å². The van der Waals surface area contributed by atoms with Gasteiger partial charge < -0.3 is 14.7 Å². The van der Waals surface area contributed by atoms with Crippen molar-refractivity contribution in [3.63, 3.8) is 0 Å². The zero-order valence-electron chi connectivity index (χ0n) is 15.8. The second kappa shape index (κ2) is 10.2. The highest BCUT2D eigenvalue weighted by Crippen LogP contribution is 2.44. The van der Waals surface area contributed by atoms with Gasteiger partial charge in [0.1, 0.15) is 12.3 Å². The maximum Gasteiger partial charge on any atom is 0.472 e. The molecule has 10 nitrogen and oxygen atoms in total. The van der Waals surface area contributed by atoms with E-state index in [4.69, 9.17) is 13.8 Å². The summed E-state index contributed by atoms with van der Waals surface area (Å²) < 4.78 is 28.5. The number of hydrogen-bond donors (Lipinski definition) is 4. The van der Waals surface area contributed by atoms with Gasteiger partial charge in [-0.25, -0.2) is 9.36 Å². The van der Waals surface area contributed by atoms with Crippen LogP contribution in [-0.4, -0.2) is 50.2 Å². The van der Waals surface area contributed by atoms with Crippen molar-refractivity contribution in [3.8, 4) is 0 Å². The molecule has 1 saturated heterocycles. The molecule has 1 fully saturated rings. The zero-order valence-corrected chi connectivity index (χ0v) is 17.6. The third kappa shape index (κ3) is 6.84. The Labute approximate surface area is 167 Å². The van der Waals surface area contributed by atoms with E-state index in [9.17, 15) is 24.2 Å². The number of thiol groups is 1. The number of aliphatic hydroxyl groups excluding tert-OH is 1. The number of phosphoric ester groups is 1. The number of nitrogens with zero attached hydrogens (tertiary/aromatic N) is 1. The lowest BCUT2D eigenvalue weighted by Crippen LogP contribution is -2.33. The van der Waals surface area contributed by atoms with Crippen molar-refractivity contribution in [2.75, 3.05) is 13.2 Å². The second-order valence-electron chi connectivity index (χ2n) is 6.85. The molecule has 0 radical (unpaired) electrons. The average Bonchev–Trinajstić information content (AvgIpc) is 2.96. The fourth-order valence-corrected chi connectivity index (χ4v) is 3.71. The first kappa shape index (κ1) is 23.3. The number of phosphoric acid groups is 1. The first-order valence-electron chi connectivity index (χ1n) is 9.04. The SMILES string of the molecule is Cc1cn([C@H]2C[C@@H](O)[C@@H](COP(=O)(O)OCCCCC(C)S)O2)c(=O)[nH]c1=O. The molecule has 0 aliphatic carbocycles. The van der Waals surface area contributed by atoms with Gasteiger partial charge in [-0.05, 0) is 25.0 Å². The summed E-state index contributed by atoms with van der Waals surface area (Å²) >= 11 is 4.25. The van der Waals surface area contributed by atoms with Crippen LogP contribution in [0.4, 0.5) is 0 Å². The molecule has 1 aromatic rings. The predicted octanol–water partition coefficient (Wildman–Crippen LogP) is 1.12. The molecule has 2 unspecified atom stereocenters. The van der Waals surface area contributed by atoms with Crippen molar-refractivity contribution < 1.29 is 28.3 Å². The Hall–Kier alpha value is -0.940. The van der Waals surface area contributed by atoms with Crippen LogP contribution in [0.25, 0.3) is 0 Å². The van der Waals surface area contributed by atoms with E-state index in [1.165, 1.54) is 13.1 Å². The highest BCUT2D eigenvalue weighted by molar-refractivity contribution is 7.80. The Morgan fingerprint density at radius 1 is 1.43 bits per heavy atom. The number of hydrogen-bond acceptors (Lipinski definition) is 8. The Morgan fingerprint density at radius 2 is 2.14 bits per heavy atom. The van der Waals surface area contributed by atoms with Crippen LogP contribution in [0.5, 0.6) is 0 Å². The van der Waals surface area contributed by atoms with Gasteiger partial charge in [0, 0.05) is 18.2 Å². The smallest absolute Gasteiger partial charge is 0.390 e. The standard InChI is InChI=1S/C16H27N2O8PS/c1-10-8-18(16(21)17-15(10)20)14-7-12(19)13(26-14)9-25-27(22,23)24-6-4-3-5-11(2)28/h8,11-14,19,28H,3-7,9H2,1-2H3,(H,22,23)(H,17,20,21)/t11?,12-,13-,14-/m1/s1. The van der Waals surface area contributed by atoms with E-state index in [1.807, 2.05) is 6.92 Å². The summed E-state index contributed by atoms with van der Waals surface area (Å²) in [6.45, 7) is 3.19. The third-order valence-electron chi connectivity index (χ3n) is 4.33. The molecule has 1 aromatic heterocycles. The molecule has 0 bridgehead atoms. The molecule has 12 heteroatoms. The highest BCUT2D eigenvalue weighted by Gasteiger charge is 2.37. The number of unbranched alkanes of at least 4 members (excludes halogenated alkanes) is 1. The number of aromatic amines is 1. The minimum absolute atomic E-state index is 0.0665. The van der Waals surface area contributed by atoms with E-state index in [2.05, 4.69) is 17.6 Å². The monoisotopic (exact) mass is 438 g/mol. The lowest BCUT2D eigenvalue weighted by molar-refractivity contribution is -0.0465. The first-order chi connectivity index (χ1) is 13.1. The van der Waals surface area contributed by atoms with Gasteiger partial charge in [-0.3, -0.25) is 23.4 Å². The molecular weight excluding hydrogens is 411 g/mol. The van der Waals surface area contributed by atoms with Gasteiger partial charge in [-0.1, -0.05) is 13.3 Å². The number of rotatable bonds is 10. The van der Waals surface area contributed by atoms with Crippen LogP contribution in [0.1, 0.15) is 44.4 Å². The molecule has 0 aromatic carbocycles. The van der Waals surface area contributed by atoms with Gasteiger partial charge in [0.05, 0.1) is 19.3 Å². The van der Waals surface area contributed by atoms with E-state index in [1.54, 1.807) is 0 Å². The summed E-state index contributed by atoms with van der Waals surface area (Å²) in [5.74, 6) is 0. The van der Waals surface area contributed by atoms with Crippen LogP contribution in [0.2, 0.25) is 0 Å². The molecule has 1 aliphatic rings. The van der Waals surface area contributed by atoms with E-state index in [0.29, 0.717) is 12.0 Å². The largest absolute Gasteiger partial charge is 0.472 e.